The number of aromatic carboxylic acids is 1. The Morgan fingerprint density at radius 2 is 2.08 bits per heavy atom. The van der Waals surface area contributed by atoms with E-state index in [0.717, 1.165) is 11.3 Å². The van der Waals surface area contributed by atoms with Gasteiger partial charge in [-0.15, -0.1) is 0 Å². The normalized spacial score (nSPS) is 10.3. The molecule has 0 spiro atoms. The Balaban J connectivity index is 1.99. The number of rotatable bonds is 4. The molecule has 0 bridgehead atoms. The fraction of sp³-hybridized carbons (Fsp3) is 0.111. The Morgan fingerprint density at radius 3 is 2.83 bits per heavy atom. The maximum Gasteiger partial charge on any atom is 0.336 e. The van der Waals surface area contributed by atoms with Gasteiger partial charge in [-0.25, -0.2) is 9.48 Å². The van der Waals surface area contributed by atoms with Crippen LogP contribution in [0.1, 0.15) is 32.7 Å². The van der Waals surface area contributed by atoms with E-state index >= 15 is 0 Å². The lowest BCUT2D eigenvalue weighted by molar-refractivity contribution is 0.0695. The van der Waals surface area contributed by atoms with Crippen molar-refractivity contribution in [3.05, 3.63) is 76.9 Å². The molecule has 6 heteroatoms. The van der Waals surface area contributed by atoms with Crippen molar-refractivity contribution >= 4 is 5.97 Å². The highest BCUT2D eigenvalue weighted by Gasteiger charge is 2.14. The van der Waals surface area contributed by atoms with Gasteiger partial charge < -0.3 is 5.11 Å². The third-order valence-electron chi connectivity index (χ3n) is 3.79. The van der Waals surface area contributed by atoms with Gasteiger partial charge in [0, 0.05) is 25.0 Å². The van der Waals surface area contributed by atoms with Gasteiger partial charge in [-0.05, 0) is 36.2 Å². The van der Waals surface area contributed by atoms with E-state index in [4.69, 9.17) is 0 Å². The molecule has 0 saturated carbocycles. The molecule has 0 aliphatic rings. The highest BCUT2D eigenvalue weighted by molar-refractivity contribution is 5.89. The third kappa shape index (κ3) is 2.88. The predicted octanol–water partition coefficient (Wildman–Crippen LogP) is 2.74. The minimum absolute atomic E-state index is 0.231. The molecule has 24 heavy (non-hydrogen) atoms. The monoisotopic (exact) mass is 318 g/mol. The second kappa shape index (κ2) is 6.34. The Hall–Kier alpha value is -3.46. The topological polar surface area (TPSA) is 91.8 Å². The molecule has 1 aromatic carbocycles. The summed E-state index contributed by atoms with van der Waals surface area (Å²) in [6.07, 6.45) is 5.26. The van der Waals surface area contributed by atoms with Crippen LogP contribution in [-0.2, 0) is 6.42 Å². The lowest BCUT2D eigenvalue weighted by atomic mass is 10.0. The first-order chi connectivity index (χ1) is 11.6. The van der Waals surface area contributed by atoms with Crippen LogP contribution in [0.2, 0.25) is 0 Å². The predicted molar refractivity (Wildman–Crippen MR) is 87.0 cm³/mol. The molecule has 1 N–H and O–H groups in total. The zero-order valence-corrected chi connectivity index (χ0v) is 13.0. The Morgan fingerprint density at radius 1 is 1.29 bits per heavy atom. The summed E-state index contributed by atoms with van der Waals surface area (Å²) in [4.78, 5) is 15.3. The number of carboxylic acid groups (broad SMARTS) is 1. The average molecular weight is 318 g/mol. The van der Waals surface area contributed by atoms with Gasteiger partial charge in [0.15, 0.2) is 0 Å². The SMILES string of the molecule is Cc1nn(-c2ccccc2C#N)cc1Cc1cnccc1C(=O)O. The van der Waals surface area contributed by atoms with Gasteiger partial charge in [0.25, 0.3) is 0 Å². The molecule has 2 heterocycles. The number of nitrogens with zero attached hydrogens (tertiary/aromatic N) is 4. The Kier molecular flexibility index (Phi) is 4.08. The molecular formula is C18H14N4O2. The van der Waals surface area contributed by atoms with Crippen LogP contribution in [0.25, 0.3) is 5.69 Å². The maximum absolute atomic E-state index is 11.3. The quantitative estimate of drug-likeness (QED) is 0.798. The molecule has 0 aliphatic carbocycles. The van der Waals surface area contributed by atoms with E-state index in [9.17, 15) is 15.2 Å². The number of aromatic nitrogens is 3. The first-order valence-corrected chi connectivity index (χ1v) is 7.31. The minimum atomic E-state index is -0.979. The van der Waals surface area contributed by atoms with Crippen molar-refractivity contribution in [2.45, 2.75) is 13.3 Å². The fourth-order valence-corrected chi connectivity index (χ4v) is 2.54. The second-order valence-corrected chi connectivity index (χ2v) is 5.33. The van der Waals surface area contributed by atoms with Crippen LogP contribution in [0.15, 0.2) is 48.9 Å². The van der Waals surface area contributed by atoms with Crippen molar-refractivity contribution in [2.24, 2.45) is 0 Å². The number of aryl methyl sites for hydroxylation is 1. The van der Waals surface area contributed by atoms with Gasteiger partial charge in [-0.3, -0.25) is 4.98 Å². The van der Waals surface area contributed by atoms with Crippen molar-refractivity contribution < 1.29 is 9.90 Å². The van der Waals surface area contributed by atoms with Crippen LogP contribution in [-0.4, -0.2) is 25.8 Å². The number of hydrogen-bond donors (Lipinski definition) is 1. The van der Waals surface area contributed by atoms with Crippen LogP contribution >= 0.6 is 0 Å². The summed E-state index contributed by atoms with van der Waals surface area (Å²) < 4.78 is 1.65. The van der Waals surface area contributed by atoms with Gasteiger partial charge in [0.05, 0.1) is 22.5 Å². The van der Waals surface area contributed by atoms with E-state index in [1.54, 1.807) is 23.0 Å². The van der Waals surface area contributed by atoms with Gasteiger partial charge in [0.1, 0.15) is 6.07 Å². The van der Waals surface area contributed by atoms with Crippen LogP contribution in [0.5, 0.6) is 0 Å². The molecule has 6 nitrogen and oxygen atoms in total. The molecule has 0 unspecified atom stereocenters. The first kappa shape index (κ1) is 15.4. The number of nitriles is 1. The number of para-hydroxylation sites is 1. The highest BCUT2D eigenvalue weighted by atomic mass is 16.4. The average Bonchev–Trinajstić information content (AvgIpc) is 2.95. The summed E-state index contributed by atoms with van der Waals surface area (Å²) in [5.41, 5.74) is 3.75. The van der Waals surface area contributed by atoms with E-state index in [-0.39, 0.29) is 5.56 Å². The van der Waals surface area contributed by atoms with Crippen molar-refractivity contribution in [3.8, 4) is 11.8 Å². The molecule has 0 fully saturated rings. The van der Waals surface area contributed by atoms with Crippen LogP contribution in [0, 0.1) is 18.3 Å². The van der Waals surface area contributed by atoms with Crippen molar-refractivity contribution in [1.82, 2.24) is 14.8 Å². The summed E-state index contributed by atoms with van der Waals surface area (Å²) in [7, 11) is 0. The Bertz CT molecular complexity index is 954. The number of hydrogen-bond acceptors (Lipinski definition) is 4. The van der Waals surface area contributed by atoms with E-state index in [2.05, 4.69) is 16.2 Å². The zero-order valence-electron chi connectivity index (χ0n) is 13.0. The largest absolute Gasteiger partial charge is 0.478 e. The smallest absolute Gasteiger partial charge is 0.336 e. The summed E-state index contributed by atoms with van der Waals surface area (Å²) in [6, 6.07) is 10.8. The second-order valence-electron chi connectivity index (χ2n) is 5.33. The van der Waals surface area contributed by atoms with E-state index in [1.807, 2.05) is 25.3 Å². The van der Waals surface area contributed by atoms with Crippen molar-refractivity contribution in [1.29, 1.82) is 5.26 Å². The molecule has 0 radical (unpaired) electrons. The number of carbonyl (C=O) groups is 1. The molecule has 2 aromatic heterocycles. The van der Waals surface area contributed by atoms with E-state index in [1.165, 1.54) is 12.3 Å². The van der Waals surface area contributed by atoms with Crippen LogP contribution < -0.4 is 0 Å². The Labute approximate surface area is 138 Å². The first-order valence-electron chi connectivity index (χ1n) is 7.31. The minimum Gasteiger partial charge on any atom is -0.478 e. The summed E-state index contributed by atoms with van der Waals surface area (Å²) in [6.45, 7) is 1.86. The number of benzene rings is 1. The number of pyridine rings is 1. The highest BCUT2D eigenvalue weighted by Crippen LogP contribution is 2.19. The molecule has 0 atom stereocenters. The summed E-state index contributed by atoms with van der Waals surface area (Å²) in [5, 5.41) is 23.0. The molecular weight excluding hydrogens is 304 g/mol. The molecule has 0 saturated heterocycles. The number of carboxylic acids is 1. The summed E-state index contributed by atoms with van der Waals surface area (Å²) >= 11 is 0. The van der Waals surface area contributed by atoms with E-state index in [0.29, 0.717) is 23.2 Å². The van der Waals surface area contributed by atoms with Gasteiger partial charge >= 0.3 is 5.97 Å². The molecule has 3 rings (SSSR count). The van der Waals surface area contributed by atoms with Crippen LogP contribution in [0.4, 0.5) is 0 Å². The standard InChI is InChI=1S/C18H14N4O2/c1-12-15(8-14-10-20-7-6-16(14)18(23)24)11-22(21-12)17-5-3-2-4-13(17)9-19/h2-7,10-11H,8H2,1H3,(H,23,24). The maximum atomic E-state index is 11.3. The lowest BCUT2D eigenvalue weighted by Crippen LogP contribution is -2.03. The van der Waals surface area contributed by atoms with Gasteiger partial charge in [-0.1, -0.05) is 12.1 Å². The fourth-order valence-electron chi connectivity index (χ4n) is 2.54. The molecule has 0 aliphatic heterocycles. The van der Waals surface area contributed by atoms with E-state index < -0.39 is 5.97 Å². The zero-order chi connectivity index (χ0) is 17.1. The summed E-state index contributed by atoms with van der Waals surface area (Å²) in [5.74, 6) is -0.979. The molecule has 0 amide bonds. The van der Waals surface area contributed by atoms with Gasteiger partial charge in [0.2, 0.25) is 0 Å². The van der Waals surface area contributed by atoms with Crippen molar-refractivity contribution in [2.75, 3.05) is 0 Å². The lowest BCUT2D eigenvalue weighted by Gasteiger charge is -2.04. The van der Waals surface area contributed by atoms with Crippen molar-refractivity contribution in [3.63, 3.8) is 0 Å². The third-order valence-corrected chi connectivity index (χ3v) is 3.79. The molecule has 3 aromatic rings. The molecule has 118 valence electrons. The van der Waals surface area contributed by atoms with Crippen LogP contribution in [0.3, 0.4) is 0 Å². The van der Waals surface area contributed by atoms with Gasteiger partial charge in [-0.2, -0.15) is 10.4 Å².